The number of para-hydroxylation sites is 1. The van der Waals surface area contributed by atoms with Gasteiger partial charge in [0.1, 0.15) is 0 Å². The van der Waals surface area contributed by atoms with Crippen LogP contribution in [0.1, 0.15) is 0 Å². The average molecular weight is 469 g/mol. The number of nitrogens with zero attached hydrogens (tertiary/aromatic N) is 1. The fourth-order valence-corrected chi connectivity index (χ4v) is 6.46. The Morgan fingerprint density at radius 1 is 0.600 bits per heavy atom. The Morgan fingerprint density at radius 2 is 1.37 bits per heavy atom. The van der Waals surface area contributed by atoms with Gasteiger partial charge in [0.2, 0.25) is 0 Å². The molecule has 5 heteroatoms. The molecule has 0 saturated carbocycles. The standard InChI is InChI=1S/C30H20BNO2S/c33-31(34)21-8-6-7-19(17-21)20-13-14-25-27(18-20)32(22-9-2-1-3-10-22)26-16-15-24-23-11-4-5-12-28(23)35-30(24)29(25)26/h1-18,33-34H. The smallest absolute Gasteiger partial charge is 0.423 e. The average Bonchev–Trinajstić information content (AvgIpc) is 3.44. The first kappa shape index (κ1) is 20.5. The fraction of sp³-hybridized carbons (Fsp3) is 0. The Hall–Kier alpha value is -3.90. The van der Waals surface area contributed by atoms with Crippen molar-refractivity contribution in [1.82, 2.24) is 4.57 Å². The summed E-state index contributed by atoms with van der Waals surface area (Å²) in [5, 5.41) is 24.4. The molecule has 3 nitrogen and oxygen atoms in total. The normalized spacial score (nSPS) is 11.7. The predicted molar refractivity (Wildman–Crippen MR) is 149 cm³/mol. The topological polar surface area (TPSA) is 45.4 Å². The molecular weight excluding hydrogens is 449 g/mol. The molecular formula is C30H20BNO2S. The van der Waals surface area contributed by atoms with Crippen LogP contribution in [0.2, 0.25) is 0 Å². The second-order valence-corrected chi connectivity index (χ2v) is 9.89. The van der Waals surface area contributed by atoms with Gasteiger partial charge >= 0.3 is 7.12 Å². The molecule has 0 aliphatic rings. The van der Waals surface area contributed by atoms with E-state index in [1.807, 2.05) is 35.6 Å². The van der Waals surface area contributed by atoms with Crippen molar-refractivity contribution in [3.8, 4) is 16.8 Å². The highest BCUT2D eigenvalue weighted by Crippen LogP contribution is 2.43. The van der Waals surface area contributed by atoms with Crippen LogP contribution in [0.3, 0.4) is 0 Å². The first-order valence-electron chi connectivity index (χ1n) is 11.6. The lowest BCUT2D eigenvalue weighted by Crippen LogP contribution is -2.29. The lowest BCUT2D eigenvalue weighted by atomic mass is 9.79. The number of hydrogen-bond acceptors (Lipinski definition) is 3. The summed E-state index contributed by atoms with van der Waals surface area (Å²) in [6, 6.07) is 37.6. The molecule has 2 heterocycles. The second kappa shape index (κ2) is 7.82. The van der Waals surface area contributed by atoms with E-state index in [0.717, 1.165) is 22.3 Å². The zero-order chi connectivity index (χ0) is 23.5. The van der Waals surface area contributed by atoms with Gasteiger partial charge in [-0.25, -0.2) is 0 Å². The van der Waals surface area contributed by atoms with Crippen molar-refractivity contribution < 1.29 is 10.0 Å². The van der Waals surface area contributed by atoms with Crippen molar-refractivity contribution in [3.63, 3.8) is 0 Å². The SMILES string of the molecule is OB(O)c1cccc(-c2ccc3c4c5sc6ccccc6c5ccc4n(-c4ccccc4)c3c2)c1. The molecule has 166 valence electrons. The van der Waals surface area contributed by atoms with Gasteiger partial charge in [-0.05, 0) is 46.9 Å². The molecule has 2 N–H and O–H groups in total. The van der Waals surface area contributed by atoms with Crippen molar-refractivity contribution in [2.75, 3.05) is 0 Å². The van der Waals surface area contributed by atoms with Crippen LogP contribution in [-0.2, 0) is 0 Å². The summed E-state index contributed by atoms with van der Waals surface area (Å²) in [6.45, 7) is 0. The Morgan fingerprint density at radius 3 is 2.23 bits per heavy atom. The van der Waals surface area contributed by atoms with Crippen molar-refractivity contribution in [2.45, 2.75) is 0 Å². The summed E-state index contributed by atoms with van der Waals surface area (Å²) in [4.78, 5) is 0. The van der Waals surface area contributed by atoms with Gasteiger partial charge in [0.15, 0.2) is 0 Å². The van der Waals surface area contributed by atoms with E-state index in [9.17, 15) is 10.0 Å². The summed E-state index contributed by atoms with van der Waals surface area (Å²) in [5.41, 5.74) is 5.90. The van der Waals surface area contributed by atoms with Gasteiger partial charge < -0.3 is 14.6 Å². The van der Waals surface area contributed by atoms with E-state index in [0.29, 0.717) is 5.46 Å². The van der Waals surface area contributed by atoms with Crippen molar-refractivity contribution in [2.24, 2.45) is 0 Å². The van der Waals surface area contributed by atoms with Crippen molar-refractivity contribution >= 4 is 65.9 Å². The third-order valence-corrected chi connectivity index (χ3v) is 8.01. The van der Waals surface area contributed by atoms with Crippen LogP contribution in [0, 0.1) is 0 Å². The van der Waals surface area contributed by atoms with Gasteiger partial charge in [-0.15, -0.1) is 11.3 Å². The van der Waals surface area contributed by atoms with Crippen LogP contribution in [0.4, 0.5) is 0 Å². The molecule has 0 amide bonds. The molecule has 0 saturated heterocycles. The van der Waals surface area contributed by atoms with Gasteiger partial charge in [0, 0.05) is 36.6 Å². The number of fused-ring (bicyclic) bond motifs is 7. The van der Waals surface area contributed by atoms with Gasteiger partial charge in [-0.2, -0.15) is 0 Å². The highest BCUT2D eigenvalue weighted by atomic mass is 32.1. The Balaban J connectivity index is 1.60. The molecule has 0 atom stereocenters. The molecule has 0 aliphatic heterocycles. The van der Waals surface area contributed by atoms with Gasteiger partial charge in [0.05, 0.1) is 11.0 Å². The number of aromatic nitrogens is 1. The fourth-order valence-electron chi connectivity index (χ4n) is 5.20. The summed E-state index contributed by atoms with van der Waals surface area (Å²) in [5.74, 6) is 0. The number of benzene rings is 5. The summed E-state index contributed by atoms with van der Waals surface area (Å²) in [6.07, 6.45) is 0. The van der Waals surface area contributed by atoms with Crippen LogP contribution in [0.15, 0.2) is 109 Å². The number of hydrogen-bond donors (Lipinski definition) is 2. The van der Waals surface area contributed by atoms with E-state index in [4.69, 9.17) is 0 Å². The first-order valence-corrected chi connectivity index (χ1v) is 12.4. The van der Waals surface area contributed by atoms with Gasteiger partial charge in [0.25, 0.3) is 0 Å². The molecule has 0 radical (unpaired) electrons. The zero-order valence-electron chi connectivity index (χ0n) is 18.7. The van der Waals surface area contributed by atoms with E-state index in [-0.39, 0.29) is 0 Å². The van der Waals surface area contributed by atoms with E-state index in [1.165, 1.54) is 36.5 Å². The van der Waals surface area contributed by atoms with Crippen LogP contribution in [0.25, 0.3) is 58.8 Å². The van der Waals surface area contributed by atoms with Gasteiger partial charge in [-0.1, -0.05) is 78.9 Å². The van der Waals surface area contributed by atoms with Crippen LogP contribution in [0.5, 0.6) is 0 Å². The predicted octanol–water partition coefficient (Wildman–Crippen LogP) is 6.50. The maximum atomic E-state index is 9.67. The minimum atomic E-state index is -1.49. The summed E-state index contributed by atoms with van der Waals surface area (Å²) < 4.78 is 4.94. The van der Waals surface area contributed by atoms with Crippen molar-refractivity contribution in [1.29, 1.82) is 0 Å². The molecule has 0 aliphatic carbocycles. The second-order valence-electron chi connectivity index (χ2n) is 8.84. The molecule has 0 bridgehead atoms. The lowest BCUT2D eigenvalue weighted by Gasteiger charge is -2.09. The van der Waals surface area contributed by atoms with E-state index in [1.54, 1.807) is 6.07 Å². The van der Waals surface area contributed by atoms with Gasteiger partial charge in [-0.3, -0.25) is 0 Å². The molecule has 2 aromatic heterocycles. The Labute approximate surface area is 206 Å². The third-order valence-electron chi connectivity index (χ3n) is 6.81. The number of thiophene rings is 1. The van der Waals surface area contributed by atoms with Crippen LogP contribution < -0.4 is 5.46 Å². The molecule has 0 spiro atoms. The van der Waals surface area contributed by atoms with Crippen LogP contribution in [-0.4, -0.2) is 21.7 Å². The monoisotopic (exact) mass is 469 g/mol. The lowest BCUT2D eigenvalue weighted by molar-refractivity contribution is 0.426. The Bertz CT molecular complexity index is 1890. The molecule has 7 rings (SSSR count). The molecule has 0 fully saturated rings. The molecule has 5 aromatic carbocycles. The maximum absolute atomic E-state index is 9.67. The first-order chi connectivity index (χ1) is 17.2. The van der Waals surface area contributed by atoms with E-state index in [2.05, 4.69) is 83.4 Å². The largest absolute Gasteiger partial charge is 0.488 e. The highest BCUT2D eigenvalue weighted by molar-refractivity contribution is 7.26. The minimum absolute atomic E-state index is 0.484. The summed E-state index contributed by atoms with van der Waals surface area (Å²) in [7, 11) is -1.49. The highest BCUT2D eigenvalue weighted by Gasteiger charge is 2.18. The molecule has 35 heavy (non-hydrogen) atoms. The van der Waals surface area contributed by atoms with E-state index < -0.39 is 7.12 Å². The Kier molecular flexibility index (Phi) is 4.58. The quantitative estimate of drug-likeness (QED) is 0.290. The maximum Gasteiger partial charge on any atom is 0.488 e. The minimum Gasteiger partial charge on any atom is -0.423 e. The van der Waals surface area contributed by atoms with Crippen molar-refractivity contribution in [3.05, 3.63) is 109 Å². The molecule has 0 unspecified atom stereocenters. The zero-order valence-corrected chi connectivity index (χ0v) is 19.5. The number of rotatable bonds is 3. The van der Waals surface area contributed by atoms with E-state index >= 15 is 0 Å². The van der Waals surface area contributed by atoms with Crippen LogP contribution >= 0.6 is 11.3 Å². The third kappa shape index (κ3) is 3.13. The molecule has 7 aromatic rings. The summed E-state index contributed by atoms with van der Waals surface area (Å²) >= 11 is 1.85.